The molecule has 1 aromatic heterocycles. The van der Waals surface area contributed by atoms with Gasteiger partial charge in [0, 0.05) is 23.8 Å². The van der Waals surface area contributed by atoms with Crippen LogP contribution in [0.25, 0.3) is 16.6 Å². The number of nitrogens with zero attached hydrogens (tertiary/aromatic N) is 2. The number of rotatable bonds is 6. The standard InChI is InChI=1S/C24H20N2O5/c1-30-21-13-12-16(14-22(21)31-2)20(27)15-25-19-11-7-6-10-18(19)23(28)26(24(25)29)17-8-4-3-5-9-17/h3-14H,15H2,1-2H3/p+2. The Bertz CT molecular complexity index is 1270. The Morgan fingerprint density at radius 3 is 2.26 bits per heavy atom. The van der Waals surface area contributed by atoms with Crippen molar-refractivity contribution in [2.45, 2.75) is 6.54 Å². The van der Waals surface area contributed by atoms with Gasteiger partial charge in [0.25, 0.3) is 0 Å². The smallest absolute Gasteiger partial charge is 0.493 e. The number of carbonyl (C=O) groups excluding carboxylic acids is 1. The summed E-state index contributed by atoms with van der Waals surface area (Å²) in [5, 5.41) is 22.4. The van der Waals surface area contributed by atoms with Crippen LogP contribution in [0.2, 0.25) is 0 Å². The van der Waals surface area contributed by atoms with E-state index < -0.39 is 0 Å². The van der Waals surface area contributed by atoms with Gasteiger partial charge in [-0.25, -0.2) is 0 Å². The van der Waals surface area contributed by atoms with Crippen LogP contribution in [0.3, 0.4) is 0 Å². The van der Waals surface area contributed by atoms with Crippen molar-refractivity contribution >= 4 is 16.7 Å². The summed E-state index contributed by atoms with van der Waals surface area (Å²) in [6.45, 7) is -0.144. The topological polar surface area (TPSA) is 83.8 Å². The molecule has 0 saturated carbocycles. The van der Waals surface area contributed by atoms with E-state index in [-0.39, 0.29) is 24.2 Å². The molecule has 0 atom stereocenters. The fourth-order valence-electron chi connectivity index (χ4n) is 3.56. The number of fused-ring (bicyclic) bond motifs is 1. The molecule has 0 amide bonds. The third kappa shape index (κ3) is 3.61. The highest BCUT2D eigenvalue weighted by molar-refractivity contribution is 5.96. The summed E-state index contributed by atoms with van der Waals surface area (Å²) < 4.78 is 13.3. The molecule has 0 bridgehead atoms. The van der Waals surface area contributed by atoms with Gasteiger partial charge in [0.15, 0.2) is 16.9 Å². The van der Waals surface area contributed by atoms with E-state index >= 15 is 0 Å². The monoisotopic (exact) mass is 418 g/mol. The molecule has 156 valence electrons. The summed E-state index contributed by atoms with van der Waals surface area (Å²) in [5.74, 6) is 0.606. The number of aromatic nitrogens is 2. The first kappa shape index (κ1) is 20.2. The van der Waals surface area contributed by atoms with Crippen LogP contribution in [0.1, 0.15) is 10.4 Å². The lowest BCUT2D eigenvalue weighted by Crippen LogP contribution is -2.48. The first-order valence-corrected chi connectivity index (χ1v) is 9.64. The van der Waals surface area contributed by atoms with Crippen molar-refractivity contribution in [1.82, 2.24) is 0 Å². The minimum absolute atomic E-state index is 0.117. The molecule has 0 saturated heterocycles. The summed E-state index contributed by atoms with van der Waals surface area (Å²) in [5.41, 5.74) is 1.50. The Morgan fingerprint density at radius 1 is 0.871 bits per heavy atom. The average Bonchev–Trinajstić information content (AvgIpc) is 2.82. The highest BCUT2D eigenvalue weighted by Gasteiger charge is 2.36. The van der Waals surface area contributed by atoms with Crippen molar-refractivity contribution in [3.05, 3.63) is 78.4 Å². The summed E-state index contributed by atoms with van der Waals surface area (Å²) >= 11 is 0. The Hall–Kier alpha value is -4.13. The minimum atomic E-state index is -0.267. The second-order valence-electron chi connectivity index (χ2n) is 6.89. The molecule has 0 aliphatic rings. The number of methoxy groups -OCH3 is 2. The first-order valence-electron chi connectivity index (χ1n) is 9.64. The molecular weight excluding hydrogens is 396 g/mol. The van der Waals surface area contributed by atoms with Gasteiger partial charge in [0.1, 0.15) is 0 Å². The van der Waals surface area contributed by atoms with Crippen LogP contribution in [-0.4, -0.2) is 30.2 Å². The summed E-state index contributed by atoms with van der Waals surface area (Å²) in [6, 6.07) is 20.7. The summed E-state index contributed by atoms with van der Waals surface area (Å²) in [7, 11) is 3.03. The number of Topliss-reactive ketones (excluding diaryl/α,β-unsaturated/α-hetero) is 1. The Kier molecular flexibility index (Phi) is 5.41. The van der Waals surface area contributed by atoms with Gasteiger partial charge in [-0.05, 0) is 28.8 Å². The molecule has 7 heteroatoms. The number of ether oxygens (including phenoxy) is 2. The number of carbonyl (C=O) groups is 1. The van der Waals surface area contributed by atoms with Crippen molar-refractivity contribution < 1.29 is 33.6 Å². The van der Waals surface area contributed by atoms with Gasteiger partial charge in [-0.2, -0.15) is 0 Å². The zero-order valence-electron chi connectivity index (χ0n) is 17.1. The van der Waals surface area contributed by atoms with Crippen molar-refractivity contribution in [2.75, 3.05) is 14.2 Å². The van der Waals surface area contributed by atoms with E-state index in [0.29, 0.717) is 33.7 Å². The maximum absolute atomic E-state index is 13.1. The van der Waals surface area contributed by atoms with Crippen LogP contribution in [0.15, 0.2) is 72.8 Å². The van der Waals surface area contributed by atoms with E-state index in [4.69, 9.17) is 9.47 Å². The van der Waals surface area contributed by atoms with E-state index in [1.807, 2.05) is 6.07 Å². The molecular formula is C24H22N2O5+2. The molecule has 0 aliphatic carbocycles. The summed E-state index contributed by atoms with van der Waals surface area (Å²) in [6.07, 6.45) is 0. The molecule has 0 spiro atoms. The largest absolute Gasteiger partial charge is 0.638 e. The molecule has 4 aromatic rings. The molecule has 2 N–H and O–H groups in total. The molecule has 7 nitrogen and oxygen atoms in total. The molecule has 1 heterocycles. The number of para-hydroxylation sites is 2. The molecule has 0 unspecified atom stereocenters. The van der Waals surface area contributed by atoms with Crippen LogP contribution in [0, 0.1) is 0 Å². The average molecular weight is 418 g/mol. The number of hydrogen-bond donors (Lipinski definition) is 2. The fraction of sp³-hybridized carbons (Fsp3) is 0.125. The van der Waals surface area contributed by atoms with Crippen molar-refractivity contribution in [1.29, 1.82) is 0 Å². The second-order valence-corrected chi connectivity index (χ2v) is 6.89. The lowest BCUT2D eigenvalue weighted by atomic mass is 10.1. The molecule has 0 aliphatic heterocycles. The van der Waals surface area contributed by atoms with E-state index in [1.165, 1.54) is 23.4 Å². The van der Waals surface area contributed by atoms with Crippen LogP contribution >= 0.6 is 0 Å². The second kappa shape index (κ2) is 8.31. The predicted octanol–water partition coefficient (Wildman–Crippen LogP) is 2.72. The first-order chi connectivity index (χ1) is 15.0. The third-order valence-corrected chi connectivity index (χ3v) is 5.11. The number of benzene rings is 3. The normalized spacial score (nSPS) is 10.8. The maximum Gasteiger partial charge on any atom is 0.638 e. The van der Waals surface area contributed by atoms with Crippen LogP contribution in [0.4, 0.5) is 0 Å². The zero-order chi connectivity index (χ0) is 22.0. The van der Waals surface area contributed by atoms with Crippen molar-refractivity contribution in [3.8, 4) is 29.1 Å². The minimum Gasteiger partial charge on any atom is -0.493 e. The fourth-order valence-corrected chi connectivity index (χ4v) is 3.56. The predicted molar refractivity (Wildman–Crippen MR) is 113 cm³/mol. The van der Waals surface area contributed by atoms with Gasteiger partial charge in [0.2, 0.25) is 23.5 Å². The van der Waals surface area contributed by atoms with E-state index in [0.717, 1.165) is 0 Å². The van der Waals surface area contributed by atoms with Gasteiger partial charge in [-0.1, -0.05) is 34.9 Å². The van der Waals surface area contributed by atoms with E-state index in [9.17, 15) is 15.0 Å². The van der Waals surface area contributed by atoms with Gasteiger partial charge in [-0.15, -0.1) is 0 Å². The van der Waals surface area contributed by atoms with Crippen LogP contribution in [-0.2, 0) is 6.54 Å². The molecule has 4 rings (SSSR count). The van der Waals surface area contributed by atoms with Crippen molar-refractivity contribution in [2.24, 2.45) is 0 Å². The molecule has 31 heavy (non-hydrogen) atoms. The number of aromatic hydroxyl groups is 2. The van der Waals surface area contributed by atoms with Gasteiger partial charge in [0.05, 0.1) is 14.2 Å². The lowest BCUT2D eigenvalue weighted by Gasteiger charge is -2.08. The van der Waals surface area contributed by atoms with Crippen molar-refractivity contribution in [3.63, 3.8) is 0 Å². The van der Waals surface area contributed by atoms with E-state index in [1.54, 1.807) is 66.7 Å². The van der Waals surface area contributed by atoms with E-state index in [2.05, 4.69) is 0 Å². The number of hydrogen-bond acceptors (Lipinski definition) is 5. The highest BCUT2D eigenvalue weighted by atomic mass is 16.5. The van der Waals surface area contributed by atoms with Gasteiger partial charge in [-0.3, -0.25) is 4.79 Å². The number of ketones is 1. The van der Waals surface area contributed by atoms with Gasteiger partial charge < -0.3 is 19.7 Å². The Balaban J connectivity index is 1.85. The third-order valence-electron chi connectivity index (χ3n) is 5.11. The molecule has 0 fully saturated rings. The highest BCUT2D eigenvalue weighted by Crippen LogP contribution is 2.28. The SMILES string of the molecule is COc1ccc(C(=O)C[n+]2c(O)[n+](-c3ccccc3)c(O)c3ccccc32)cc1OC. The quantitative estimate of drug-likeness (QED) is 0.372. The zero-order valence-corrected chi connectivity index (χ0v) is 17.1. The van der Waals surface area contributed by atoms with Crippen LogP contribution in [0.5, 0.6) is 23.4 Å². The van der Waals surface area contributed by atoms with Crippen LogP contribution < -0.4 is 18.6 Å². The maximum atomic E-state index is 13.1. The summed E-state index contributed by atoms with van der Waals surface area (Å²) in [4.78, 5) is 13.1. The van der Waals surface area contributed by atoms with Gasteiger partial charge >= 0.3 is 11.9 Å². The Labute approximate surface area is 179 Å². The molecule has 3 aromatic carbocycles. The Morgan fingerprint density at radius 2 is 1.55 bits per heavy atom. The lowest BCUT2D eigenvalue weighted by molar-refractivity contribution is -0.774. The molecule has 0 radical (unpaired) electrons.